The first-order valence-electron chi connectivity index (χ1n) is 6.74. The highest BCUT2D eigenvalue weighted by molar-refractivity contribution is 5.83. The van der Waals surface area contributed by atoms with Gasteiger partial charge in [-0.1, -0.05) is 29.8 Å². The number of hydrogen-bond acceptors (Lipinski definition) is 3. The summed E-state index contributed by atoms with van der Waals surface area (Å²) in [5.41, 5.74) is 7.72. The van der Waals surface area contributed by atoms with Gasteiger partial charge in [0.15, 0.2) is 0 Å². The Hall–Kier alpha value is -1.39. The van der Waals surface area contributed by atoms with E-state index in [9.17, 15) is 4.79 Å². The number of ether oxygens (including phenoxy) is 1. The van der Waals surface area contributed by atoms with E-state index in [1.165, 1.54) is 0 Å². The van der Waals surface area contributed by atoms with Crippen LogP contribution in [0.1, 0.15) is 36.9 Å². The van der Waals surface area contributed by atoms with Crippen molar-refractivity contribution in [2.24, 2.45) is 5.73 Å². The summed E-state index contributed by atoms with van der Waals surface area (Å²) in [5, 5.41) is 2.89. The molecule has 4 nitrogen and oxygen atoms in total. The topological polar surface area (TPSA) is 64.4 Å². The molecular weight excluding hydrogens is 240 g/mol. The summed E-state index contributed by atoms with van der Waals surface area (Å²) in [6.07, 6.45) is 2.03. The van der Waals surface area contributed by atoms with E-state index in [0.29, 0.717) is 6.54 Å². The van der Waals surface area contributed by atoms with Crippen molar-refractivity contribution >= 4 is 5.91 Å². The van der Waals surface area contributed by atoms with E-state index in [1.54, 1.807) is 0 Å². The van der Waals surface area contributed by atoms with Crippen LogP contribution in [0.3, 0.4) is 0 Å². The Balaban J connectivity index is 1.90. The molecule has 0 aromatic heterocycles. The quantitative estimate of drug-likeness (QED) is 0.867. The zero-order valence-corrected chi connectivity index (χ0v) is 11.6. The van der Waals surface area contributed by atoms with Crippen molar-refractivity contribution in [1.82, 2.24) is 5.32 Å². The number of carbonyl (C=O) groups is 1. The lowest BCUT2D eigenvalue weighted by atomic mass is 10.0. The predicted octanol–water partition coefficient (Wildman–Crippen LogP) is 1.68. The average molecular weight is 262 g/mol. The second-order valence-electron chi connectivity index (χ2n) is 5.51. The van der Waals surface area contributed by atoms with Gasteiger partial charge in [0.25, 0.3) is 0 Å². The molecule has 2 atom stereocenters. The van der Waals surface area contributed by atoms with Gasteiger partial charge >= 0.3 is 0 Å². The summed E-state index contributed by atoms with van der Waals surface area (Å²) in [7, 11) is 0. The van der Waals surface area contributed by atoms with Gasteiger partial charge in [-0.15, -0.1) is 0 Å². The van der Waals surface area contributed by atoms with Crippen LogP contribution in [-0.4, -0.2) is 24.7 Å². The van der Waals surface area contributed by atoms with Crippen LogP contribution < -0.4 is 11.1 Å². The highest BCUT2D eigenvalue weighted by Crippen LogP contribution is 2.24. The molecule has 0 aliphatic carbocycles. The molecule has 4 heteroatoms. The zero-order valence-electron chi connectivity index (χ0n) is 11.6. The molecule has 1 fully saturated rings. The highest BCUT2D eigenvalue weighted by Gasteiger charge is 2.30. The van der Waals surface area contributed by atoms with Crippen molar-refractivity contribution in [1.29, 1.82) is 0 Å². The first-order valence-corrected chi connectivity index (χ1v) is 6.74. The fourth-order valence-electron chi connectivity index (χ4n) is 2.29. The SMILES string of the molecule is Cc1ccc(C(N)C(=O)NCC2(C)CCCO2)cc1. The molecule has 1 heterocycles. The second kappa shape index (κ2) is 5.72. The molecular formula is C15H22N2O2. The number of rotatable bonds is 4. The molecule has 1 amide bonds. The number of benzene rings is 1. The molecule has 1 aliphatic heterocycles. The predicted molar refractivity (Wildman–Crippen MR) is 74.7 cm³/mol. The standard InChI is InChI=1S/C15H22N2O2/c1-11-4-6-12(7-5-11)13(16)14(18)17-10-15(2)8-3-9-19-15/h4-7,13H,3,8-10,16H2,1-2H3,(H,17,18). The van der Waals surface area contributed by atoms with E-state index in [4.69, 9.17) is 10.5 Å². The van der Waals surface area contributed by atoms with Crippen LogP contribution in [0.2, 0.25) is 0 Å². The normalized spacial score (nSPS) is 24.2. The maximum atomic E-state index is 12.0. The molecule has 1 saturated heterocycles. The molecule has 19 heavy (non-hydrogen) atoms. The lowest BCUT2D eigenvalue weighted by Crippen LogP contribution is -2.43. The third-order valence-electron chi connectivity index (χ3n) is 3.66. The van der Waals surface area contributed by atoms with Crippen molar-refractivity contribution in [3.63, 3.8) is 0 Å². The Labute approximate surface area is 114 Å². The Morgan fingerprint density at radius 3 is 2.74 bits per heavy atom. The minimum atomic E-state index is -0.620. The van der Waals surface area contributed by atoms with Gasteiger partial charge in [-0.05, 0) is 32.3 Å². The minimum absolute atomic E-state index is 0.152. The number of aryl methyl sites for hydroxylation is 1. The first-order chi connectivity index (χ1) is 9.00. The molecule has 2 rings (SSSR count). The van der Waals surface area contributed by atoms with E-state index >= 15 is 0 Å². The number of nitrogens with two attached hydrogens (primary N) is 1. The van der Waals surface area contributed by atoms with Gasteiger partial charge in [0.05, 0.1) is 5.60 Å². The molecule has 3 N–H and O–H groups in total. The number of carbonyl (C=O) groups excluding carboxylic acids is 1. The van der Waals surface area contributed by atoms with Crippen molar-refractivity contribution in [3.05, 3.63) is 35.4 Å². The fourth-order valence-corrected chi connectivity index (χ4v) is 2.29. The lowest BCUT2D eigenvalue weighted by molar-refractivity contribution is -0.123. The first kappa shape index (κ1) is 14.0. The van der Waals surface area contributed by atoms with Crippen LogP contribution in [-0.2, 0) is 9.53 Å². The third-order valence-corrected chi connectivity index (χ3v) is 3.66. The van der Waals surface area contributed by atoms with Gasteiger partial charge in [-0.2, -0.15) is 0 Å². The summed E-state index contributed by atoms with van der Waals surface area (Å²) in [5.74, 6) is -0.152. The van der Waals surface area contributed by atoms with Gasteiger partial charge < -0.3 is 15.8 Å². The maximum Gasteiger partial charge on any atom is 0.241 e. The van der Waals surface area contributed by atoms with E-state index in [0.717, 1.165) is 30.6 Å². The molecule has 2 unspecified atom stereocenters. The summed E-state index contributed by atoms with van der Waals surface area (Å²) in [6.45, 7) is 5.33. The number of hydrogen-bond donors (Lipinski definition) is 2. The van der Waals surface area contributed by atoms with E-state index < -0.39 is 6.04 Å². The summed E-state index contributed by atoms with van der Waals surface area (Å²) in [4.78, 5) is 12.0. The molecule has 104 valence electrons. The monoisotopic (exact) mass is 262 g/mol. The molecule has 1 aliphatic rings. The third kappa shape index (κ3) is 3.55. The Morgan fingerprint density at radius 1 is 1.47 bits per heavy atom. The van der Waals surface area contributed by atoms with E-state index in [1.807, 2.05) is 38.1 Å². The van der Waals surface area contributed by atoms with Gasteiger partial charge in [0, 0.05) is 13.2 Å². The smallest absolute Gasteiger partial charge is 0.241 e. The Bertz CT molecular complexity index is 436. The van der Waals surface area contributed by atoms with Crippen molar-refractivity contribution < 1.29 is 9.53 Å². The lowest BCUT2D eigenvalue weighted by Gasteiger charge is -2.24. The molecule has 0 bridgehead atoms. The molecule has 0 spiro atoms. The van der Waals surface area contributed by atoms with Gasteiger partial charge in [-0.3, -0.25) is 4.79 Å². The maximum absolute atomic E-state index is 12.0. The summed E-state index contributed by atoms with van der Waals surface area (Å²) < 4.78 is 5.64. The van der Waals surface area contributed by atoms with Crippen LogP contribution in [0.4, 0.5) is 0 Å². The van der Waals surface area contributed by atoms with E-state index in [2.05, 4.69) is 5.32 Å². The van der Waals surface area contributed by atoms with Gasteiger partial charge in [-0.25, -0.2) is 0 Å². The van der Waals surface area contributed by atoms with Crippen LogP contribution in [0.25, 0.3) is 0 Å². The molecule has 0 saturated carbocycles. The van der Waals surface area contributed by atoms with Crippen molar-refractivity contribution in [3.8, 4) is 0 Å². The molecule has 1 aromatic rings. The van der Waals surface area contributed by atoms with Crippen molar-refractivity contribution in [2.75, 3.05) is 13.2 Å². The average Bonchev–Trinajstić information content (AvgIpc) is 2.83. The van der Waals surface area contributed by atoms with Crippen LogP contribution in [0, 0.1) is 6.92 Å². The zero-order chi connectivity index (χ0) is 13.9. The highest BCUT2D eigenvalue weighted by atomic mass is 16.5. The molecule has 0 radical (unpaired) electrons. The van der Waals surface area contributed by atoms with E-state index in [-0.39, 0.29) is 11.5 Å². The van der Waals surface area contributed by atoms with Crippen LogP contribution in [0.15, 0.2) is 24.3 Å². The minimum Gasteiger partial charge on any atom is -0.373 e. The van der Waals surface area contributed by atoms with Gasteiger partial charge in [0.2, 0.25) is 5.91 Å². The van der Waals surface area contributed by atoms with Crippen molar-refractivity contribution in [2.45, 2.75) is 38.3 Å². The van der Waals surface area contributed by atoms with Crippen LogP contribution in [0.5, 0.6) is 0 Å². The summed E-state index contributed by atoms with van der Waals surface area (Å²) in [6, 6.07) is 7.10. The van der Waals surface area contributed by atoms with Gasteiger partial charge in [0.1, 0.15) is 6.04 Å². The summed E-state index contributed by atoms with van der Waals surface area (Å²) >= 11 is 0. The Kier molecular flexibility index (Phi) is 4.22. The number of amides is 1. The number of nitrogens with one attached hydrogen (secondary N) is 1. The van der Waals surface area contributed by atoms with Crippen LogP contribution >= 0.6 is 0 Å². The second-order valence-corrected chi connectivity index (χ2v) is 5.51. The Morgan fingerprint density at radius 2 is 2.16 bits per heavy atom. The largest absolute Gasteiger partial charge is 0.373 e. The fraction of sp³-hybridized carbons (Fsp3) is 0.533. The molecule has 1 aromatic carbocycles.